The number of hydrogen-bond acceptors (Lipinski definition) is 3. The number of aromatic nitrogens is 1. The molecule has 0 unspecified atom stereocenters. The number of pyridine rings is 1. The van der Waals surface area contributed by atoms with Crippen molar-refractivity contribution in [2.45, 2.75) is 6.42 Å². The van der Waals surface area contributed by atoms with E-state index in [1.807, 2.05) is 0 Å². The van der Waals surface area contributed by atoms with E-state index in [1.165, 1.54) is 18.5 Å². The molecule has 0 amide bonds. The zero-order valence-electron chi connectivity index (χ0n) is 7.53. The number of rotatable bonds is 4. The Bertz CT molecular complexity index is 369. The molecule has 0 spiro atoms. The van der Waals surface area contributed by atoms with Crippen molar-refractivity contribution in [1.29, 1.82) is 0 Å². The highest BCUT2D eigenvalue weighted by Crippen LogP contribution is 2.12. The summed E-state index contributed by atoms with van der Waals surface area (Å²) in [5.74, 6) is 1.48. The van der Waals surface area contributed by atoms with E-state index >= 15 is 0 Å². The number of carboxylic acids is 1. The molecule has 0 aromatic carbocycles. The molecular weight excluding hydrogens is 180 g/mol. The lowest BCUT2D eigenvalue weighted by molar-refractivity contribution is 0.0698. The average Bonchev–Trinajstić information content (AvgIpc) is 2.19. The number of aromatic carboxylic acids is 1. The summed E-state index contributed by atoms with van der Waals surface area (Å²) in [7, 11) is 0. The quantitative estimate of drug-likeness (QED) is 0.553. The molecule has 2 N–H and O–H groups in total. The fourth-order valence-corrected chi connectivity index (χ4v) is 0.991. The van der Waals surface area contributed by atoms with Crippen molar-refractivity contribution in [3.63, 3.8) is 0 Å². The van der Waals surface area contributed by atoms with Crippen LogP contribution in [0.5, 0.6) is 0 Å². The predicted molar refractivity (Wildman–Crippen MR) is 53.1 cm³/mol. The molecule has 1 rings (SSSR count). The highest BCUT2D eigenvalue weighted by molar-refractivity contribution is 5.93. The molecule has 4 nitrogen and oxygen atoms in total. The van der Waals surface area contributed by atoms with Gasteiger partial charge in [-0.1, -0.05) is 0 Å². The van der Waals surface area contributed by atoms with Crippen molar-refractivity contribution in [3.05, 3.63) is 24.0 Å². The van der Waals surface area contributed by atoms with Crippen molar-refractivity contribution in [3.8, 4) is 12.3 Å². The van der Waals surface area contributed by atoms with E-state index in [9.17, 15) is 4.79 Å². The zero-order valence-corrected chi connectivity index (χ0v) is 7.53. The molecule has 0 saturated carbocycles. The van der Waals surface area contributed by atoms with Crippen LogP contribution >= 0.6 is 0 Å². The van der Waals surface area contributed by atoms with Crippen molar-refractivity contribution < 1.29 is 9.90 Å². The second-order valence-corrected chi connectivity index (χ2v) is 2.61. The van der Waals surface area contributed by atoms with Crippen LogP contribution in [0, 0.1) is 12.3 Å². The van der Waals surface area contributed by atoms with Gasteiger partial charge in [-0.3, -0.25) is 4.98 Å². The Balaban J connectivity index is 2.75. The monoisotopic (exact) mass is 190 g/mol. The van der Waals surface area contributed by atoms with Gasteiger partial charge in [-0.15, -0.1) is 12.3 Å². The molecule has 1 heterocycles. The molecule has 0 aliphatic carbocycles. The maximum atomic E-state index is 10.7. The van der Waals surface area contributed by atoms with E-state index in [2.05, 4.69) is 16.2 Å². The first-order valence-electron chi connectivity index (χ1n) is 4.10. The summed E-state index contributed by atoms with van der Waals surface area (Å²) < 4.78 is 0. The maximum Gasteiger partial charge on any atom is 0.337 e. The van der Waals surface area contributed by atoms with Crippen molar-refractivity contribution in [2.24, 2.45) is 0 Å². The van der Waals surface area contributed by atoms with Crippen LogP contribution in [0.1, 0.15) is 16.8 Å². The summed E-state index contributed by atoms with van der Waals surface area (Å²) in [6.07, 6.45) is 8.53. The lowest BCUT2D eigenvalue weighted by Gasteiger charge is -2.06. The van der Waals surface area contributed by atoms with Crippen LogP contribution < -0.4 is 5.32 Å². The highest BCUT2D eigenvalue weighted by atomic mass is 16.4. The normalized spacial score (nSPS) is 9.07. The molecule has 0 fully saturated rings. The first-order chi connectivity index (χ1) is 6.75. The molecule has 0 aliphatic rings. The Labute approximate surface area is 82.0 Å². The van der Waals surface area contributed by atoms with Crippen LogP contribution in [-0.4, -0.2) is 22.6 Å². The number of nitrogens with one attached hydrogen (secondary N) is 1. The minimum absolute atomic E-state index is 0.206. The Kier molecular flexibility index (Phi) is 3.50. The van der Waals surface area contributed by atoms with Gasteiger partial charge in [0.1, 0.15) is 0 Å². The molecule has 0 aliphatic heterocycles. The summed E-state index contributed by atoms with van der Waals surface area (Å²) in [5, 5.41) is 11.7. The molecule has 1 aromatic rings. The Morgan fingerprint density at radius 2 is 2.50 bits per heavy atom. The summed E-state index contributed by atoms with van der Waals surface area (Å²) in [5.41, 5.74) is 0.701. The maximum absolute atomic E-state index is 10.7. The van der Waals surface area contributed by atoms with Gasteiger partial charge in [0.15, 0.2) is 0 Å². The van der Waals surface area contributed by atoms with Crippen LogP contribution in [0.15, 0.2) is 18.5 Å². The number of carboxylic acid groups (broad SMARTS) is 1. The van der Waals surface area contributed by atoms with Gasteiger partial charge < -0.3 is 10.4 Å². The SMILES string of the molecule is C#CCCNc1cnccc1C(=O)O. The number of nitrogens with zero attached hydrogens (tertiary/aromatic N) is 1. The summed E-state index contributed by atoms with van der Waals surface area (Å²) in [4.78, 5) is 14.6. The lowest BCUT2D eigenvalue weighted by atomic mass is 10.2. The van der Waals surface area contributed by atoms with Gasteiger partial charge in [0.05, 0.1) is 17.4 Å². The molecule has 0 radical (unpaired) electrons. The topological polar surface area (TPSA) is 62.2 Å². The van der Waals surface area contributed by atoms with E-state index in [-0.39, 0.29) is 5.56 Å². The molecule has 1 aromatic heterocycles. The third-order valence-corrected chi connectivity index (χ3v) is 1.64. The van der Waals surface area contributed by atoms with Gasteiger partial charge in [-0.25, -0.2) is 4.79 Å². The molecule has 0 bridgehead atoms. The van der Waals surface area contributed by atoms with Gasteiger partial charge in [-0.2, -0.15) is 0 Å². The zero-order chi connectivity index (χ0) is 10.4. The largest absolute Gasteiger partial charge is 0.478 e. The first-order valence-corrected chi connectivity index (χ1v) is 4.10. The third-order valence-electron chi connectivity index (χ3n) is 1.64. The Morgan fingerprint density at radius 1 is 1.71 bits per heavy atom. The first kappa shape index (κ1) is 10.1. The van der Waals surface area contributed by atoms with Crippen molar-refractivity contribution in [2.75, 3.05) is 11.9 Å². The van der Waals surface area contributed by atoms with E-state index in [0.29, 0.717) is 18.7 Å². The molecule has 4 heteroatoms. The van der Waals surface area contributed by atoms with E-state index in [4.69, 9.17) is 11.5 Å². The highest BCUT2D eigenvalue weighted by Gasteiger charge is 2.07. The number of hydrogen-bond donors (Lipinski definition) is 2. The van der Waals surface area contributed by atoms with Crippen LogP contribution in [-0.2, 0) is 0 Å². The Morgan fingerprint density at radius 3 is 3.14 bits per heavy atom. The molecule has 0 saturated heterocycles. The van der Waals surface area contributed by atoms with Crippen molar-refractivity contribution >= 4 is 11.7 Å². The predicted octanol–water partition coefficient (Wildman–Crippen LogP) is 1.21. The van der Waals surface area contributed by atoms with E-state index < -0.39 is 5.97 Å². The minimum atomic E-state index is -0.976. The van der Waals surface area contributed by atoms with Crippen LogP contribution in [0.25, 0.3) is 0 Å². The van der Waals surface area contributed by atoms with E-state index in [0.717, 1.165) is 0 Å². The molecular formula is C10H10N2O2. The second-order valence-electron chi connectivity index (χ2n) is 2.61. The van der Waals surface area contributed by atoms with E-state index in [1.54, 1.807) is 0 Å². The standard InChI is InChI=1S/C10H10N2O2/c1-2-3-5-12-9-7-11-6-4-8(9)10(13)14/h1,4,6-7,12H,3,5H2,(H,13,14). The van der Waals surface area contributed by atoms with Crippen molar-refractivity contribution in [1.82, 2.24) is 4.98 Å². The van der Waals surface area contributed by atoms with Gasteiger partial charge >= 0.3 is 5.97 Å². The van der Waals surface area contributed by atoms with Crippen LogP contribution in [0.3, 0.4) is 0 Å². The second kappa shape index (κ2) is 4.87. The third kappa shape index (κ3) is 2.49. The Hall–Kier alpha value is -2.02. The number of anilines is 1. The smallest absolute Gasteiger partial charge is 0.337 e. The molecule has 0 atom stereocenters. The molecule has 14 heavy (non-hydrogen) atoms. The number of terminal acetylenes is 1. The fourth-order valence-electron chi connectivity index (χ4n) is 0.991. The van der Waals surface area contributed by atoms with Crippen LogP contribution in [0.2, 0.25) is 0 Å². The fraction of sp³-hybridized carbons (Fsp3) is 0.200. The van der Waals surface area contributed by atoms with Gasteiger partial charge in [0.25, 0.3) is 0 Å². The van der Waals surface area contributed by atoms with Gasteiger partial charge in [-0.05, 0) is 6.07 Å². The summed E-state index contributed by atoms with van der Waals surface area (Å²) >= 11 is 0. The van der Waals surface area contributed by atoms with Crippen LogP contribution in [0.4, 0.5) is 5.69 Å². The van der Waals surface area contributed by atoms with Gasteiger partial charge in [0.2, 0.25) is 0 Å². The minimum Gasteiger partial charge on any atom is -0.478 e. The van der Waals surface area contributed by atoms with Gasteiger partial charge in [0, 0.05) is 19.2 Å². The summed E-state index contributed by atoms with van der Waals surface area (Å²) in [6, 6.07) is 1.44. The lowest BCUT2D eigenvalue weighted by Crippen LogP contribution is -2.07. The molecule has 72 valence electrons. The summed E-state index contributed by atoms with van der Waals surface area (Å²) in [6.45, 7) is 0.544. The number of carbonyl (C=O) groups is 1. The average molecular weight is 190 g/mol.